The fraction of sp³-hybridized carbons (Fsp3) is 0.231. The van der Waals surface area contributed by atoms with Gasteiger partial charge in [0.25, 0.3) is 5.91 Å². The van der Waals surface area contributed by atoms with Crippen LogP contribution >= 0.6 is 11.6 Å². The maximum Gasteiger partial charge on any atom is 0.251 e. The third-order valence-electron chi connectivity index (χ3n) is 5.27. The van der Waals surface area contributed by atoms with E-state index in [-0.39, 0.29) is 5.91 Å². The zero-order chi connectivity index (χ0) is 22.3. The molecule has 0 unspecified atom stereocenters. The van der Waals surface area contributed by atoms with Crippen molar-refractivity contribution >= 4 is 28.5 Å². The van der Waals surface area contributed by atoms with Gasteiger partial charge in [0, 0.05) is 23.6 Å². The van der Waals surface area contributed by atoms with Gasteiger partial charge in [-0.25, -0.2) is 4.98 Å². The summed E-state index contributed by atoms with van der Waals surface area (Å²) in [6, 6.07) is 23.1. The van der Waals surface area contributed by atoms with E-state index >= 15 is 0 Å². The number of halogens is 1. The van der Waals surface area contributed by atoms with Crippen molar-refractivity contribution in [3.05, 3.63) is 94.8 Å². The molecule has 0 fully saturated rings. The number of imidazole rings is 1. The Morgan fingerprint density at radius 1 is 1.06 bits per heavy atom. The number of aromatic nitrogens is 2. The average molecular weight is 448 g/mol. The molecule has 1 aromatic heterocycles. The number of rotatable bonds is 9. The predicted octanol–water partition coefficient (Wildman–Crippen LogP) is 5.44. The lowest BCUT2D eigenvalue weighted by Crippen LogP contribution is -2.25. The Labute approximate surface area is 193 Å². The summed E-state index contributed by atoms with van der Waals surface area (Å²) < 4.78 is 8.09. The molecule has 0 spiro atoms. The van der Waals surface area contributed by atoms with Crippen LogP contribution in [0, 0.1) is 6.92 Å². The number of hydrogen-bond donors (Lipinski definition) is 1. The van der Waals surface area contributed by atoms with Crippen LogP contribution in [0.1, 0.15) is 28.2 Å². The van der Waals surface area contributed by atoms with Gasteiger partial charge >= 0.3 is 0 Å². The van der Waals surface area contributed by atoms with E-state index in [9.17, 15) is 4.79 Å². The number of aryl methyl sites for hydroxylation is 2. The molecule has 1 heterocycles. The standard InChI is InChI=1S/C26H26ClN3O2/c1-19-6-4-7-20(18-19)26(31)28-15-5-10-25-29-23-8-2-3-9-24(23)30(25)16-17-32-22-13-11-21(27)12-14-22/h2-4,6-9,11-14,18H,5,10,15-17H2,1H3,(H,28,31). The summed E-state index contributed by atoms with van der Waals surface area (Å²) in [5.74, 6) is 1.74. The smallest absolute Gasteiger partial charge is 0.251 e. The minimum Gasteiger partial charge on any atom is -0.492 e. The highest BCUT2D eigenvalue weighted by Crippen LogP contribution is 2.19. The summed E-state index contributed by atoms with van der Waals surface area (Å²) >= 11 is 5.94. The SMILES string of the molecule is Cc1cccc(C(=O)NCCCc2nc3ccccc3n2CCOc2ccc(Cl)cc2)c1. The van der Waals surface area contributed by atoms with E-state index in [1.807, 2.05) is 73.7 Å². The first kappa shape index (κ1) is 21.9. The number of nitrogens with zero attached hydrogens (tertiary/aromatic N) is 2. The molecule has 0 aliphatic heterocycles. The first-order valence-electron chi connectivity index (χ1n) is 10.8. The van der Waals surface area contributed by atoms with Crippen LogP contribution in [0.2, 0.25) is 5.02 Å². The van der Waals surface area contributed by atoms with Crippen LogP contribution in [0.25, 0.3) is 11.0 Å². The molecule has 5 nitrogen and oxygen atoms in total. The first-order valence-corrected chi connectivity index (χ1v) is 11.2. The van der Waals surface area contributed by atoms with Crippen LogP contribution in [-0.4, -0.2) is 28.6 Å². The van der Waals surface area contributed by atoms with E-state index in [1.54, 1.807) is 0 Å². The normalized spacial score (nSPS) is 10.9. The second-order valence-corrected chi connectivity index (χ2v) is 8.14. The van der Waals surface area contributed by atoms with Gasteiger partial charge in [-0.2, -0.15) is 0 Å². The highest BCUT2D eigenvalue weighted by atomic mass is 35.5. The Bertz CT molecular complexity index is 1200. The fourth-order valence-electron chi connectivity index (χ4n) is 3.69. The summed E-state index contributed by atoms with van der Waals surface area (Å²) in [5.41, 5.74) is 3.83. The minimum absolute atomic E-state index is 0.0430. The van der Waals surface area contributed by atoms with Gasteiger partial charge in [-0.3, -0.25) is 4.79 Å². The number of fused-ring (bicyclic) bond motifs is 1. The van der Waals surface area contributed by atoms with Crippen molar-refractivity contribution in [2.24, 2.45) is 0 Å². The maximum atomic E-state index is 12.4. The molecule has 0 saturated carbocycles. The highest BCUT2D eigenvalue weighted by molar-refractivity contribution is 6.30. The van der Waals surface area contributed by atoms with E-state index in [0.717, 1.165) is 41.0 Å². The third-order valence-corrected chi connectivity index (χ3v) is 5.53. The van der Waals surface area contributed by atoms with Crippen molar-refractivity contribution < 1.29 is 9.53 Å². The van der Waals surface area contributed by atoms with Gasteiger partial charge in [-0.1, -0.05) is 41.4 Å². The number of carbonyl (C=O) groups excluding carboxylic acids is 1. The minimum atomic E-state index is -0.0430. The van der Waals surface area contributed by atoms with Crippen LogP contribution in [0.4, 0.5) is 0 Å². The molecule has 0 radical (unpaired) electrons. The Balaban J connectivity index is 1.36. The summed E-state index contributed by atoms with van der Waals surface area (Å²) in [6.45, 7) is 3.79. The summed E-state index contributed by atoms with van der Waals surface area (Å²) in [6.07, 6.45) is 1.57. The van der Waals surface area contributed by atoms with Gasteiger partial charge in [-0.15, -0.1) is 0 Å². The van der Waals surface area contributed by atoms with E-state index in [4.69, 9.17) is 21.3 Å². The molecule has 0 atom stereocenters. The van der Waals surface area contributed by atoms with Gasteiger partial charge in [0.1, 0.15) is 18.2 Å². The number of ether oxygens (including phenoxy) is 1. The van der Waals surface area contributed by atoms with Crippen LogP contribution in [-0.2, 0) is 13.0 Å². The number of amides is 1. The highest BCUT2D eigenvalue weighted by Gasteiger charge is 2.11. The van der Waals surface area contributed by atoms with Crippen molar-refractivity contribution in [3.63, 3.8) is 0 Å². The molecule has 0 saturated heterocycles. The quantitative estimate of drug-likeness (QED) is 0.347. The summed E-state index contributed by atoms with van der Waals surface area (Å²) in [7, 11) is 0. The van der Waals surface area contributed by atoms with Crippen molar-refractivity contribution in [2.75, 3.05) is 13.2 Å². The number of para-hydroxylation sites is 2. The molecule has 164 valence electrons. The van der Waals surface area contributed by atoms with Gasteiger partial charge < -0.3 is 14.6 Å². The molecule has 1 amide bonds. The van der Waals surface area contributed by atoms with E-state index in [2.05, 4.69) is 16.0 Å². The molecule has 0 aliphatic carbocycles. The Kier molecular flexibility index (Phi) is 7.07. The second-order valence-electron chi connectivity index (χ2n) is 7.70. The molecule has 1 N–H and O–H groups in total. The molecule has 4 aromatic rings. The van der Waals surface area contributed by atoms with Gasteiger partial charge in [0.05, 0.1) is 17.6 Å². The lowest BCUT2D eigenvalue weighted by atomic mass is 10.1. The monoisotopic (exact) mass is 447 g/mol. The molecule has 4 rings (SSSR count). The predicted molar refractivity (Wildman–Crippen MR) is 129 cm³/mol. The number of benzene rings is 3. The van der Waals surface area contributed by atoms with Crippen LogP contribution in [0.15, 0.2) is 72.8 Å². The van der Waals surface area contributed by atoms with Crippen LogP contribution < -0.4 is 10.1 Å². The van der Waals surface area contributed by atoms with Gasteiger partial charge in [0.2, 0.25) is 0 Å². The fourth-order valence-corrected chi connectivity index (χ4v) is 3.81. The molecule has 0 aliphatic rings. The van der Waals surface area contributed by atoms with Crippen molar-refractivity contribution in [1.29, 1.82) is 0 Å². The van der Waals surface area contributed by atoms with E-state index < -0.39 is 0 Å². The zero-order valence-corrected chi connectivity index (χ0v) is 18.8. The molecular formula is C26H26ClN3O2. The second kappa shape index (κ2) is 10.3. The Morgan fingerprint density at radius 3 is 2.69 bits per heavy atom. The first-order chi connectivity index (χ1) is 15.6. The van der Waals surface area contributed by atoms with Crippen molar-refractivity contribution in [1.82, 2.24) is 14.9 Å². The van der Waals surface area contributed by atoms with Crippen LogP contribution in [0.3, 0.4) is 0 Å². The van der Waals surface area contributed by atoms with Crippen LogP contribution in [0.5, 0.6) is 5.75 Å². The van der Waals surface area contributed by atoms with Gasteiger partial charge in [-0.05, 0) is 61.9 Å². The summed E-state index contributed by atoms with van der Waals surface area (Å²) in [4.78, 5) is 17.2. The molecular weight excluding hydrogens is 422 g/mol. The van der Waals surface area contributed by atoms with Gasteiger partial charge in [0.15, 0.2) is 0 Å². The zero-order valence-electron chi connectivity index (χ0n) is 18.1. The number of carbonyl (C=O) groups is 1. The maximum absolute atomic E-state index is 12.4. The Morgan fingerprint density at radius 2 is 1.88 bits per heavy atom. The molecule has 32 heavy (non-hydrogen) atoms. The largest absolute Gasteiger partial charge is 0.492 e. The van der Waals surface area contributed by atoms with E-state index in [1.165, 1.54) is 0 Å². The molecule has 0 bridgehead atoms. The van der Waals surface area contributed by atoms with Crippen molar-refractivity contribution in [2.45, 2.75) is 26.3 Å². The van der Waals surface area contributed by atoms with Crippen molar-refractivity contribution in [3.8, 4) is 5.75 Å². The average Bonchev–Trinajstić information content (AvgIpc) is 3.15. The van der Waals surface area contributed by atoms with E-state index in [0.29, 0.717) is 30.3 Å². The lowest BCUT2D eigenvalue weighted by Gasteiger charge is -2.11. The third kappa shape index (κ3) is 5.48. The summed E-state index contributed by atoms with van der Waals surface area (Å²) in [5, 5.41) is 3.70. The lowest BCUT2D eigenvalue weighted by molar-refractivity contribution is 0.0953. The molecule has 6 heteroatoms. The number of hydrogen-bond acceptors (Lipinski definition) is 3. The molecule has 3 aromatic carbocycles. The number of nitrogens with one attached hydrogen (secondary N) is 1. The topological polar surface area (TPSA) is 56.2 Å². The Hall–Kier alpha value is -3.31.